The van der Waals surface area contributed by atoms with Crippen LogP contribution in [0.4, 0.5) is 5.69 Å². The highest BCUT2D eigenvalue weighted by Gasteiger charge is 2.50. The van der Waals surface area contributed by atoms with E-state index in [-0.39, 0.29) is 0 Å². The highest BCUT2D eigenvalue weighted by atomic mass is 35.5. The van der Waals surface area contributed by atoms with Crippen LogP contribution in [0.15, 0.2) is 18.2 Å². The number of halogens is 2. The Kier molecular flexibility index (Phi) is 3.00. The lowest BCUT2D eigenvalue weighted by molar-refractivity contribution is -0.142. The number of carboxylic acids is 1. The maximum absolute atomic E-state index is 11.0. The second-order valence-corrected chi connectivity index (χ2v) is 4.83. The first-order valence-corrected chi connectivity index (χ1v) is 5.72. The molecular weight excluding hydrogens is 249 g/mol. The molecule has 0 radical (unpaired) electrons. The van der Waals surface area contributed by atoms with Gasteiger partial charge in [0.2, 0.25) is 0 Å². The zero-order valence-electron chi connectivity index (χ0n) is 8.46. The van der Waals surface area contributed by atoms with Crippen LogP contribution < -0.4 is 5.32 Å². The Labute approximate surface area is 103 Å². The van der Waals surface area contributed by atoms with E-state index in [1.165, 1.54) is 0 Å². The lowest BCUT2D eigenvalue weighted by atomic mass is 10.1. The Morgan fingerprint density at radius 1 is 1.44 bits per heavy atom. The minimum Gasteiger partial charge on any atom is -0.481 e. The molecule has 86 valence electrons. The summed E-state index contributed by atoms with van der Waals surface area (Å²) >= 11 is 11.8. The van der Waals surface area contributed by atoms with E-state index in [0.717, 1.165) is 0 Å². The Morgan fingerprint density at radius 3 is 2.69 bits per heavy atom. The van der Waals surface area contributed by atoms with Crippen LogP contribution in [0.3, 0.4) is 0 Å². The van der Waals surface area contributed by atoms with E-state index >= 15 is 0 Å². The van der Waals surface area contributed by atoms with Gasteiger partial charge in [-0.3, -0.25) is 4.79 Å². The number of carboxylic acid groups (broad SMARTS) is 1. The number of anilines is 1. The first-order chi connectivity index (χ1) is 7.55. The molecule has 0 heterocycles. The molecular formula is C11H11Cl2NO2. The quantitative estimate of drug-likeness (QED) is 0.873. The second kappa shape index (κ2) is 4.15. The Morgan fingerprint density at radius 2 is 2.12 bits per heavy atom. The summed E-state index contributed by atoms with van der Waals surface area (Å²) in [5, 5.41) is 12.9. The summed E-state index contributed by atoms with van der Waals surface area (Å²) in [6.45, 7) is 0.391. The van der Waals surface area contributed by atoms with Gasteiger partial charge in [-0.05, 0) is 25.0 Å². The number of aliphatic carboxylic acids is 1. The fourth-order valence-electron chi connectivity index (χ4n) is 1.52. The minimum absolute atomic E-state index is 0.391. The third kappa shape index (κ3) is 2.11. The molecule has 1 saturated carbocycles. The van der Waals surface area contributed by atoms with Crippen LogP contribution >= 0.6 is 23.2 Å². The van der Waals surface area contributed by atoms with Crippen molar-refractivity contribution in [2.75, 3.05) is 11.9 Å². The third-order valence-corrected chi connectivity index (χ3v) is 3.69. The Bertz CT molecular complexity index is 430. The van der Waals surface area contributed by atoms with Crippen LogP contribution in [0.25, 0.3) is 0 Å². The highest BCUT2D eigenvalue weighted by Crippen LogP contribution is 2.46. The molecule has 1 fully saturated rings. The van der Waals surface area contributed by atoms with Gasteiger partial charge in [-0.15, -0.1) is 0 Å². The van der Waals surface area contributed by atoms with E-state index in [4.69, 9.17) is 28.3 Å². The lowest BCUT2D eigenvalue weighted by Gasteiger charge is -2.13. The van der Waals surface area contributed by atoms with Crippen LogP contribution in [0.5, 0.6) is 0 Å². The first-order valence-electron chi connectivity index (χ1n) is 4.96. The molecule has 1 aliphatic carbocycles. The zero-order chi connectivity index (χ0) is 11.8. The molecule has 3 nitrogen and oxygen atoms in total. The van der Waals surface area contributed by atoms with Crippen LogP contribution in [0.1, 0.15) is 12.8 Å². The van der Waals surface area contributed by atoms with Crippen molar-refractivity contribution in [2.45, 2.75) is 12.8 Å². The normalized spacial score (nSPS) is 16.9. The molecule has 0 saturated heterocycles. The van der Waals surface area contributed by atoms with Gasteiger partial charge in [0.1, 0.15) is 0 Å². The first kappa shape index (κ1) is 11.6. The average Bonchev–Trinajstić information content (AvgIpc) is 3.01. The van der Waals surface area contributed by atoms with Gasteiger partial charge >= 0.3 is 5.97 Å². The number of hydrogen-bond acceptors (Lipinski definition) is 2. The molecule has 0 unspecified atom stereocenters. The molecule has 2 rings (SSSR count). The number of hydrogen-bond donors (Lipinski definition) is 2. The summed E-state index contributed by atoms with van der Waals surface area (Å²) in [5.74, 6) is -0.752. The van der Waals surface area contributed by atoms with Crippen molar-refractivity contribution in [1.82, 2.24) is 0 Å². The number of nitrogens with one attached hydrogen (secondary N) is 1. The summed E-state index contributed by atoms with van der Waals surface area (Å²) in [4.78, 5) is 11.0. The molecule has 0 atom stereocenters. The summed E-state index contributed by atoms with van der Waals surface area (Å²) in [6, 6.07) is 5.25. The predicted octanol–water partition coefficient (Wildman–Crippen LogP) is 3.27. The van der Waals surface area contributed by atoms with Crippen LogP contribution in [0, 0.1) is 5.41 Å². The van der Waals surface area contributed by atoms with Crippen LogP contribution in [-0.2, 0) is 4.79 Å². The van der Waals surface area contributed by atoms with Crippen molar-refractivity contribution < 1.29 is 9.90 Å². The van der Waals surface area contributed by atoms with E-state index in [2.05, 4.69) is 5.32 Å². The molecule has 1 aromatic carbocycles. The minimum atomic E-state index is -0.752. The fraction of sp³-hybridized carbons (Fsp3) is 0.364. The van der Waals surface area contributed by atoms with Gasteiger partial charge in [-0.1, -0.05) is 29.3 Å². The largest absolute Gasteiger partial charge is 0.481 e. The second-order valence-electron chi connectivity index (χ2n) is 4.04. The molecule has 2 N–H and O–H groups in total. The maximum atomic E-state index is 11.0. The SMILES string of the molecule is O=C(O)C1(CNc2cccc(Cl)c2Cl)CC1. The molecule has 0 aliphatic heterocycles. The molecule has 16 heavy (non-hydrogen) atoms. The van der Waals surface area contributed by atoms with E-state index in [1.54, 1.807) is 18.2 Å². The van der Waals surface area contributed by atoms with Crippen molar-refractivity contribution in [3.05, 3.63) is 28.2 Å². The Hall–Kier alpha value is -0.930. The van der Waals surface area contributed by atoms with Gasteiger partial charge < -0.3 is 10.4 Å². The number of benzene rings is 1. The van der Waals surface area contributed by atoms with Gasteiger partial charge in [0, 0.05) is 6.54 Å². The van der Waals surface area contributed by atoms with Gasteiger partial charge in [-0.2, -0.15) is 0 Å². The molecule has 5 heteroatoms. The summed E-state index contributed by atoms with van der Waals surface area (Å²) in [5.41, 5.74) is 0.0766. The van der Waals surface area contributed by atoms with Gasteiger partial charge in [-0.25, -0.2) is 0 Å². The number of rotatable bonds is 4. The highest BCUT2D eigenvalue weighted by molar-refractivity contribution is 6.43. The molecule has 1 aromatic rings. The Balaban J connectivity index is 2.06. The number of carbonyl (C=O) groups is 1. The van der Waals surface area contributed by atoms with Crippen molar-refractivity contribution in [2.24, 2.45) is 5.41 Å². The van der Waals surface area contributed by atoms with E-state index in [0.29, 0.717) is 35.1 Å². The van der Waals surface area contributed by atoms with Crippen LogP contribution in [-0.4, -0.2) is 17.6 Å². The molecule has 0 bridgehead atoms. The van der Waals surface area contributed by atoms with E-state index < -0.39 is 11.4 Å². The standard InChI is InChI=1S/C11H11Cl2NO2/c12-7-2-1-3-8(9(7)13)14-6-11(4-5-11)10(15)16/h1-3,14H,4-6H2,(H,15,16). The lowest BCUT2D eigenvalue weighted by Crippen LogP contribution is -2.24. The molecule has 0 aromatic heterocycles. The fourth-order valence-corrected chi connectivity index (χ4v) is 1.89. The monoisotopic (exact) mass is 259 g/mol. The van der Waals surface area contributed by atoms with E-state index in [9.17, 15) is 4.79 Å². The van der Waals surface area contributed by atoms with Crippen LogP contribution in [0.2, 0.25) is 10.0 Å². The topological polar surface area (TPSA) is 49.3 Å². The average molecular weight is 260 g/mol. The van der Waals surface area contributed by atoms with Crippen molar-refractivity contribution in [3.63, 3.8) is 0 Å². The summed E-state index contributed by atoms with van der Waals surface area (Å²) < 4.78 is 0. The van der Waals surface area contributed by atoms with E-state index in [1.807, 2.05) is 0 Å². The summed E-state index contributed by atoms with van der Waals surface area (Å²) in [6.07, 6.45) is 1.43. The third-order valence-electron chi connectivity index (χ3n) is 2.88. The van der Waals surface area contributed by atoms with Gasteiger partial charge in [0.15, 0.2) is 0 Å². The van der Waals surface area contributed by atoms with Gasteiger partial charge in [0.25, 0.3) is 0 Å². The predicted molar refractivity (Wildman–Crippen MR) is 64.3 cm³/mol. The molecule has 1 aliphatic rings. The van der Waals surface area contributed by atoms with Crippen molar-refractivity contribution >= 4 is 34.9 Å². The van der Waals surface area contributed by atoms with Crippen molar-refractivity contribution in [1.29, 1.82) is 0 Å². The maximum Gasteiger partial charge on any atom is 0.311 e. The molecule has 0 spiro atoms. The zero-order valence-corrected chi connectivity index (χ0v) is 9.98. The smallest absolute Gasteiger partial charge is 0.311 e. The molecule has 0 amide bonds. The van der Waals surface area contributed by atoms with Crippen molar-refractivity contribution in [3.8, 4) is 0 Å². The van der Waals surface area contributed by atoms with Gasteiger partial charge in [0.05, 0.1) is 21.1 Å². The summed E-state index contributed by atoms with van der Waals surface area (Å²) in [7, 11) is 0.